The Hall–Kier alpha value is -1.57. The molecule has 0 amide bonds. The van der Waals surface area contributed by atoms with Crippen LogP contribution in [0.2, 0.25) is 0 Å². The number of rotatable bonds is 26. The standard InChI is InChI=1S/C36H62N2/c1-3-5-7-9-11-12-13-14-15-16-18-20-25-29-36(38-31-30-37-33-38)35(32-34-26-22-21-23-27-34)28-24-19-17-10-8-6-4-2/h21-23,26-27,30-31,33,35-36H,3-20,24-25,28-29,32H2,1-2H3. The molecule has 2 heteroatoms. The molecule has 0 fully saturated rings. The Labute approximate surface area is 237 Å². The average molecular weight is 523 g/mol. The quantitative estimate of drug-likeness (QED) is 0.112. The van der Waals surface area contributed by atoms with E-state index in [1.807, 2.05) is 6.20 Å². The molecule has 0 spiro atoms. The van der Waals surface area contributed by atoms with Crippen molar-refractivity contribution in [2.24, 2.45) is 5.92 Å². The summed E-state index contributed by atoms with van der Waals surface area (Å²) in [5.41, 5.74) is 1.50. The Balaban J connectivity index is 1.74. The van der Waals surface area contributed by atoms with E-state index >= 15 is 0 Å². The molecule has 1 heterocycles. The van der Waals surface area contributed by atoms with Gasteiger partial charge in [-0.1, -0.05) is 173 Å². The fourth-order valence-electron chi connectivity index (χ4n) is 6.18. The van der Waals surface area contributed by atoms with Crippen LogP contribution in [0.4, 0.5) is 0 Å². The zero-order valence-corrected chi connectivity index (χ0v) is 25.4. The van der Waals surface area contributed by atoms with Gasteiger partial charge >= 0.3 is 0 Å². The third-order valence-electron chi connectivity index (χ3n) is 8.57. The van der Waals surface area contributed by atoms with E-state index in [0.717, 1.165) is 0 Å². The van der Waals surface area contributed by atoms with Gasteiger partial charge in [0.15, 0.2) is 0 Å². The van der Waals surface area contributed by atoms with E-state index in [1.165, 1.54) is 153 Å². The largest absolute Gasteiger partial charge is 0.334 e. The highest BCUT2D eigenvalue weighted by molar-refractivity contribution is 5.15. The van der Waals surface area contributed by atoms with Gasteiger partial charge in [-0.3, -0.25) is 0 Å². The van der Waals surface area contributed by atoms with Crippen molar-refractivity contribution in [3.63, 3.8) is 0 Å². The fourth-order valence-corrected chi connectivity index (χ4v) is 6.18. The Morgan fingerprint density at radius 1 is 0.579 bits per heavy atom. The summed E-state index contributed by atoms with van der Waals surface area (Å²) in [5, 5.41) is 0. The molecule has 38 heavy (non-hydrogen) atoms. The first kappa shape index (κ1) is 32.6. The highest BCUT2D eigenvalue weighted by Gasteiger charge is 2.23. The van der Waals surface area contributed by atoms with Crippen molar-refractivity contribution in [2.75, 3.05) is 0 Å². The molecule has 2 nitrogen and oxygen atoms in total. The molecule has 1 aromatic heterocycles. The first-order chi connectivity index (χ1) is 18.8. The van der Waals surface area contributed by atoms with E-state index in [1.54, 1.807) is 0 Å². The number of imidazole rings is 1. The van der Waals surface area contributed by atoms with Gasteiger partial charge in [-0.2, -0.15) is 0 Å². The summed E-state index contributed by atoms with van der Waals surface area (Å²) in [6.45, 7) is 4.61. The minimum absolute atomic E-state index is 0.575. The predicted octanol–water partition coefficient (Wildman–Crippen LogP) is 11.9. The number of nitrogens with zero attached hydrogens (tertiary/aromatic N) is 2. The van der Waals surface area contributed by atoms with E-state index in [4.69, 9.17) is 0 Å². The molecule has 1 aromatic carbocycles. The Morgan fingerprint density at radius 2 is 1.05 bits per heavy atom. The maximum Gasteiger partial charge on any atom is 0.0948 e. The molecule has 0 saturated carbocycles. The minimum Gasteiger partial charge on any atom is -0.334 e. The summed E-state index contributed by atoms with van der Waals surface area (Å²) >= 11 is 0. The lowest BCUT2D eigenvalue weighted by Gasteiger charge is -2.29. The molecule has 0 radical (unpaired) electrons. The number of hydrogen-bond acceptors (Lipinski definition) is 1. The SMILES string of the molecule is CCCCCCCCCCCCCCCC(C(CCCCCCCCC)Cc1ccccc1)n1ccnc1. The van der Waals surface area contributed by atoms with Gasteiger partial charge in [0.25, 0.3) is 0 Å². The number of benzene rings is 1. The van der Waals surface area contributed by atoms with Gasteiger partial charge in [-0.15, -0.1) is 0 Å². The molecule has 216 valence electrons. The summed E-state index contributed by atoms with van der Waals surface area (Å²) in [6, 6.07) is 11.8. The summed E-state index contributed by atoms with van der Waals surface area (Å²) in [4.78, 5) is 4.45. The van der Waals surface area contributed by atoms with Crippen molar-refractivity contribution in [3.05, 3.63) is 54.6 Å². The van der Waals surface area contributed by atoms with Crippen molar-refractivity contribution < 1.29 is 0 Å². The molecule has 2 rings (SSSR count). The fraction of sp³-hybridized carbons (Fsp3) is 0.750. The van der Waals surface area contributed by atoms with Crippen molar-refractivity contribution in [2.45, 2.75) is 168 Å². The van der Waals surface area contributed by atoms with Crippen molar-refractivity contribution in [1.82, 2.24) is 9.55 Å². The van der Waals surface area contributed by atoms with Crippen LogP contribution in [0.5, 0.6) is 0 Å². The lowest BCUT2D eigenvalue weighted by Crippen LogP contribution is -2.21. The molecule has 0 aliphatic carbocycles. The summed E-state index contributed by atoms with van der Waals surface area (Å²) < 4.78 is 2.44. The van der Waals surface area contributed by atoms with Crippen LogP contribution in [0.15, 0.2) is 49.1 Å². The van der Waals surface area contributed by atoms with Crippen LogP contribution in [0.1, 0.15) is 167 Å². The first-order valence-electron chi connectivity index (χ1n) is 16.9. The molecule has 0 aliphatic heterocycles. The van der Waals surface area contributed by atoms with Crippen molar-refractivity contribution in [3.8, 4) is 0 Å². The molecule has 2 unspecified atom stereocenters. The Bertz CT molecular complexity index is 723. The molecule has 0 N–H and O–H groups in total. The molecular formula is C36H62N2. The van der Waals surface area contributed by atoms with E-state index in [2.05, 4.69) is 66.3 Å². The molecule has 0 saturated heterocycles. The van der Waals surface area contributed by atoms with E-state index in [0.29, 0.717) is 12.0 Å². The monoisotopic (exact) mass is 522 g/mol. The highest BCUT2D eigenvalue weighted by atomic mass is 15.1. The second-order valence-electron chi connectivity index (χ2n) is 12.0. The van der Waals surface area contributed by atoms with Crippen molar-refractivity contribution >= 4 is 0 Å². The second kappa shape index (κ2) is 23.3. The summed E-state index contributed by atoms with van der Waals surface area (Å²) in [7, 11) is 0. The van der Waals surface area contributed by atoms with Crippen LogP contribution in [-0.2, 0) is 6.42 Å². The summed E-state index contributed by atoms with van der Waals surface area (Å²) in [5.74, 6) is 0.694. The molecule has 2 atom stereocenters. The van der Waals surface area contributed by atoms with Crippen LogP contribution in [0.3, 0.4) is 0 Å². The maximum absolute atomic E-state index is 4.45. The van der Waals surface area contributed by atoms with Gasteiger partial charge in [0.05, 0.1) is 6.33 Å². The minimum atomic E-state index is 0.575. The third kappa shape index (κ3) is 15.7. The second-order valence-corrected chi connectivity index (χ2v) is 12.0. The zero-order chi connectivity index (χ0) is 26.9. The van der Waals surface area contributed by atoms with Crippen LogP contribution >= 0.6 is 0 Å². The number of aromatic nitrogens is 2. The first-order valence-corrected chi connectivity index (χ1v) is 16.9. The smallest absolute Gasteiger partial charge is 0.0948 e. The van der Waals surface area contributed by atoms with Gasteiger partial charge in [0.1, 0.15) is 0 Å². The van der Waals surface area contributed by atoms with Gasteiger partial charge in [-0.25, -0.2) is 4.98 Å². The number of unbranched alkanes of at least 4 members (excludes halogenated alkanes) is 18. The molecule has 2 aromatic rings. The lowest BCUT2D eigenvalue weighted by atomic mass is 9.84. The predicted molar refractivity (Wildman–Crippen MR) is 168 cm³/mol. The molecule has 0 bridgehead atoms. The lowest BCUT2D eigenvalue weighted by molar-refractivity contribution is 0.275. The van der Waals surface area contributed by atoms with Gasteiger partial charge in [-0.05, 0) is 30.7 Å². The van der Waals surface area contributed by atoms with Gasteiger partial charge in [0.2, 0.25) is 0 Å². The average Bonchev–Trinajstić information content (AvgIpc) is 3.48. The van der Waals surface area contributed by atoms with Crippen molar-refractivity contribution in [1.29, 1.82) is 0 Å². The summed E-state index contributed by atoms with van der Waals surface area (Å²) in [6.07, 6.45) is 38.4. The Kier molecular flexibility index (Phi) is 20.0. The van der Waals surface area contributed by atoms with E-state index in [-0.39, 0.29) is 0 Å². The molecule has 0 aliphatic rings. The van der Waals surface area contributed by atoms with Gasteiger partial charge < -0.3 is 4.57 Å². The van der Waals surface area contributed by atoms with Crippen LogP contribution in [0.25, 0.3) is 0 Å². The van der Waals surface area contributed by atoms with Crippen LogP contribution in [-0.4, -0.2) is 9.55 Å². The number of hydrogen-bond donors (Lipinski definition) is 0. The maximum atomic E-state index is 4.45. The topological polar surface area (TPSA) is 17.8 Å². The third-order valence-corrected chi connectivity index (χ3v) is 8.57. The normalized spacial score (nSPS) is 13.1. The van der Waals surface area contributed by atoms with Crippen LogP contribution < -0.4 is 0 Å². The van der Waals surface area contributed by atoms with Crippen LogP contribution in [0, 0.1) is 5.92 Å². The molecular weight excluding hydrogens is 460 g/mol. The Morgan fingerprint density at radius 3 is 1.53 bits per heavy atom. The van der Waals surface area contributed by atoms with E-state index in [9.17, 15) is 0 Å². The van der Waals surface area contributed by atoms with Gasteiger partial charge in [0, 0.05) is 18.4 Å². The van der Waals surface area contributed by atoms with E-state index < -0.39 is 0 Å². The highest BCUT2D eigenvalue weighted by Crippen LogP contribution is 2.32. The zero-order valence-electron chi connectivity index (χ0n) is 25.4.